The van der Waals surface area contributed by atoms with Crippen LogP contribution in [0.2, 0.25) is 18.6 Å². The number of nitro benzene ring substituents is 1. The van der Waals surface area contributed by atoms with Gasteiger partial charge in [-0.2, -0.15) is 0 Å². The first-order valence-corrected chi connectivity index (χ1v) is 20.4. The molecule has 2 saturated heterocycles. The fourth-order valence-electron chi connectivity index (χ4n) is 8.39. The number of aliphatic hydroxyl groups excluding tert-OH is 1. The van der Waals surface area contributed by atoms with Crippen LogP contribution in [0.3, 0.4) is 0 Å². The summed E-state index contributed by atoms with van der Waals surface area (Å²) < 4.78 is 8.57. The Morgan fingerprint density at radius 1 is 1.10 bits per heavy atom. The lowest BCUT2D eigenvalue weighted by atomic mass is 9.82. The van der Waals surface area contributed by atoms with Crippen molar-refractivity contribution < 1.29 is 29.2 Å². The highest BCUT2D eigenvalue weighted by atomic mass is 28.4. The van der Waals surface area contributed by atoms with Gasteiger partial charge in [0.05, 0.1) is 41.5 Å². The zero-order valence-corrected chi connectivity index (χ0v) is 29.9. The van der Waals surface area contributed by atoms with E-state index >= 15 is 0 Å². The third-order valence-electron chi connectivity index (χ3n) is 10.8. The summed E-state index contributed by atoms with van der Waals surface area (Å²) in [4.78, 5) is 53.7. The van der Waals surface area contributed by atoms with Gasteiger partial charge in [-0.1, -0.05) is 54.6 Å². The van der Waals surface area contributed by atoms with Crippen LogP contribution in [0.5, 0.6) is 0 Å². The van der Waals surface area contributed by atoms with Gasteiger partial charge in [0.25, 0.3) is 11.6 Å². The van der Waals surface area contributed by atoms with Crippen molar-refractivity contribution in [3.8, 4) is 0 Å². The summed E-state index contributed by atoms with van der Waals surface area (Å²) in [5.74, 6) is -1.07. The summed E-state index contributed by atoms with van der Waals surface area (Å²) in [5.41, 5.74) is 2.06. The van der Waals surface area contributed by atoms with Gasteiger partial charge in [0.15, 0.2) is 13.9 Å². The molecule has 0 radical (unpaired) electrons. The summed E-state index contributed by atoms with van der Waals surface area (Å²) in [7, 11) is -2.99. The van der Waals surface area contributed by atoms with E-state index in [9.17, 15) is 29.6 Å². The number of hydrogen-bond donors (Lipinski definition) is 2. The number of aryl methyl sites for hydroxylation is 1. The van der Waals surface area contributed by atoms with Gasteiger partial charge in [0, 0.05) is 60.5 Å². The molecular weight excluding hydrogens is 669 g/mol. The Bertz CT molecular complexity index is 1950. The Balaban J connectivity index is 1.18. The van der Waals surface area contributed by atoms with Crippen LogP contribution in [-0.2, 0) is 33.0 Å². The highest BCUT2D eigenvalue weighted by Crippen LogP contribution is 2.60. The summed E-state index contributed by atoms with van der Waals surface area (Å²) in [6.07, 6.45) is 2.99. The quantitative estimate of drug-likeness (QED) is 0.126. The number of anilines is 2. The number of benzene rings is 3. The van der Waals surface area contributed by atoms with Crippen LogP contribution in [0, 0.1) is 16.0 Å². The van der Waals surface area contributed by atoms with Gasteiger partial charge in [-0.15, -0.1) is 5.10 Å². The number of nitrogens with zero attached hydrogens (tertiary/aromatic N) is 6. The Morgan fingerprint density at radius 2 is 1.84 bits per heavy atom. The number of aromatic nitrogens is 3. The van der Waals surface area contributed by atoms with Crippen molar-refractivity contribution in [2.45, 2.75) is 75.5 Å². The standard InChI is InChI=1S/C37H42N6O7Si/c1-24-35(51(2,3)49)33(17-19-40-22-31(38-39-40)29(23-44)26-8-5-4-6-9-26)50-37(24)30-20-28(43(47)48)15-16-32(30)42(36(37)46)21-25-11-13-27(14-12-25)41-18-7-10-34(41)45/h4-6,8-9,11-16,20,22,24,29,33,35,44,49H,7,10,17-19,21,23H2,1-3H3/t24-,29?,33+,35-,37+/m1/s1. The fraction of sp³-hybridized carbons (Fsp3) is 0.405. The van der Waals surface area contributed by atoms with Gasteiger partial charge in [0.2, 0.25) is 5.91 Å². The monoisotopic (exact) mass is 710 g/mol. The molecule has 51 heavy (non-hydrogen) atoms. The second kappa shape index (κ2) is 13.4. The van der Waals surface area contributed by atoms with Crippen LogP contribution in [0.4, 0.5) is 17.1 Å². The summed E-state index contributed by atoms with van der Waals surface area (Å²) in [5, 5.41) is 30.8. The van der Waals surface area contributed by atoms with Crippen molar-refractivity contribution in [2.75, 3.05) is 23.0 Å². The first-order chi connectivity index (χ1) is 24.4. The van der Waals surface area contributed by atoms with E-state index in [-0.39, 0.29) is 42.1 Å². The second-order valence-corrected chi connectivity index (χ2v) is 18.3. The summed E-state index contributed by atoms with van der Waals surface area (Å²) in [6.45, 7) is 6.69. The van der Waals surface area contributed by atoms with Crippen LogP contribution < -0.4 is 9.80 Å². The van der Waals surface area contributed by atoms with E-state index in [2.05, 4.69) is 10.3 Å². The number of nitro groups is 1. The number of amides is 2. The molecule has 3 aromatic carbocycles. The van der Waals surface area contributed by atoms with Crippen LogP contribution in [0.25, 0.3) is 0 Å². The zero-order valence-electron chi connectivity index (χ0n) is 28.9. The van der Waals surface area contributed by atoms with Crippen LogP contribution in [-0.4, -0.2) is 69.2 Å². The van der Waals surface area contributed by atoms with Gasteiger partial charge in [-0.3, -0.25) is 24.4 Å². The molecule has 2 N–H and O–H groups in total. The number of rotatable bonds is 11. The molecule has 4 aromatic rings. The predicted octanol–water partition coefficient (Wildman–Crippen LogP) is 4.87. The van der Waals surface area contributed by atoms with Crippen molar-refractivity contribution in [2.24, 2.45) is 5.92 Å². The number of aliphatic hydroxyl groups is 1. The molecule has 4 heterocycles. The molecule has 2 fully saturated rings. The maximum atomic E-state index is 14.8. The van der Waals surface area contributed by atoms with Crippen molar-refractivity contribution in [1.29, 1.82) is 0 Å². The number of fused-ring (bicyclic) bond motifs is 2. The molecule has 13 nitrogen and oxygen atoms in total. The lowest BCUT2D eigenvalue weighted by Crippen LogP contribution is -2.46. The van der Waals surface area contributed by atoms with E-state index in [1.165, 1.54) is 12.1 Å². The number of hydrogen-bond acceptors (Lipinski definition) is 9. The van der Waals surface area contributed by atoms with E-state index < -0.39 is 30.9 Å². The fourth-order valence-corrected chi connectivity index (χ4v) is 11.0. The molecular formula is C37H42N6O7Si. The molecule has 1 unspecified atom stereocenters. The third kappa shape index (κ3) is 6.15. The van der Waals surface area contributed by atoms with Crippen LogP contribution in [0.1, 0.15) is 54.5 Å². The molecule has 3 aliphatic rings. The first-order valence-electron chi connectivity index (χ1n) is 17.4. The van der Waals surface area contributed by atoms with E-state index in [0.29, 0.717) is 42.9 Å². The lowest BCUT2D eigenvalue weighted by Gasteiger charge is -2.32. The Kier molecular flexibility index (Phi) is 9.12. The molecule has 14 heteroatoms. The largest absolute Gasteiger partial charge is 0.432 e. The number of carbonyl (C=O) groups excluding carboxylic acids is 2. The molecule has 1 spiro atoms. The Hall–Kier alpha value is -4.76. The van der Waals surface area contributed by atoms with E-state index in [1.54, 1.807) is 26.7 Å². The highest BCUT2D eigenvalue weighted by Gasteiger charge is 2.66. The molecule has 0 saturated carbocycles. The van der Waals surface area contributed by atoms with Gasteiger partial charge in [0.1, 0.15) is 0 Å². The SMILES string of the molecule is C[C@@H]1[C@@H]([Si](C)(C)O)[C@H](CCn2cc(C(CO)c3ccccc3)nn2)O[C@@]12C(=O)N(Cc1ccc(N3CCCC3=O)cc1)c1ccc([N+](=O)[O-])cc12. The molecule has 3 aliphatic heterocycles. The van der Waals surface area contributed by atoms with E-state index in [1.807, 2.05) is 74.6 Å². The molecule has 2 amide bonds. The topological polar surface area (TPSA) is 164 Å². The Morgan fingerprint density at radius 3 is 2.49 bits per heavy atom. The number of non-ortho nitro benzene ring substituents is 1. The van der Waals surface area contributed by atoms with Crippen molar-refractivity contribution in [3.63, 3.8) is 0 Å². The van der Waals surface area contributed by atoms with Crippen LogP contribution in [0.15, 0.2) is 79.0 Å². The smallest absolute Gasteiger partial charge is 0.269 e. The van der Waals surface area contributed by atoms with Gasteiger partial charge < -0.3 is 24.4 Å². The van der Waals surface area contributed by atoms with Gasteiger partial charge >= 0.3 is 0 Å². The minimum absolute atomic E-state index is 0.0903. The normalized spacial score (nSPS) is 23.7. The predicted molar refractivity (Wildman–Crippen MR) is 191 cm³/mol. The highest BCUT2D eigenvalue weighted by molar-refractivity contribution is 6.71. The molecule has 266 valence electrons. The minimum Gasteiger partial charge on any atom is -0.432 e. The van der Waals surface area contributed by atoms with Gasteiger partial charge in [-0.25, -0.2) is 0 Å². The average molecular weight is 711 g/mol. The molecule has 0 bridgehead atoms. The first kappa shape index (κ1) is 34.7. The van der Waals surface area contributed by atoms with Crippen molar-refractivity contribution >= 4 is 37.2 Å². The van der Waals surface area contributed by atoms with Crippen molar-refractivity contribution in [1.82, 2.24) is 15.0 Å². The summed E-state index contributed by atoms with van der Waals surface area (Å²) >= 11 is 0. The van der Waals surface area contributed by atoms with E-state index in [0.717, 1.165) is 23.2 Å². The minimum atomic E-state index is -2.99. The third-order valence-corrected chi connectivity index (χ3v) is 13.3. The van der Waals surface area contributed by atoms with Crippen molar-refractivity contribution in [3.05, 3.63) is 111 Å². The summed E-state index contributed by atoms with van der Waals surface area (Å²) in [6, 6.07) is 21.6. The molecule has 0 aliphatic carbocycles. The van der Waals surface area contributed by atoms with E-state index in [4.69, 9.17) is 4.74 Å². The van der Waals surface area contributed by atoms with Crippen LogP contribution >= 0.6 is 0 Å². The maximum Gasteiger partial charge on any atom is 0.269 e. The number of ether oxygens (including phenoxy) is 1. The average Bonchev–Trinajstić information content (AvgIpc) is 3.88. The molecule has 1 aromatic heterocycles. The Labute approximate surface area is 296 Å². The molecule has 7 rings (SSSR count). The second-order valence-electron chi connectivity index (χ2n) is 14.4. The maximum absolute atomic E-state index is 14.8. The van der Waals surface area contributed by atoms with Gasteiger partial charge in [-0.05, 0) is 55.3 Å². The lowest BCUT2D eigenvalue weighted by molar-refractivity contribution is -0.385. The molecule has 5 atom stereocenters. The number of carbonyl (C=O) groups is 2. The zero-order chi connectivity index (χ0) is 36.1.